The Kier molecular flexibility index (Phi) is 4.78. The van der Waals surface area contributed by atoms with Crippen molar-refractivity contribution in [3.63, 3.8) is 0 Å². The Morgan fingerprint density at radius 1 is 1.35 bits per heavy atom. The summed E-state index contributed by atoms with van der Waals surface area (Å²) in [5, 5.41) is 5.66. The summed E-state index contributed by atoms with van der Waals surface area (Å²) in [6.07, 6.45) is 6.76. The second kappa shape index (κ2) is 6.12. The van der Waals surface area contributed by atoms with Crippen molar-refractivity contribution in [2.75, 3.05) is 6.54 Å². The van der Waals surface area contributed by atoms with E-state index in [2.05, 4.69) is 31.1 Å². The fourth-order valence-electron chi connectivity index (χ4n) is 3.00. The van der Waals surface area contributed by atoms with Crippen LogP contribution in [0.4, 0.5) is 0 Å². The topological polar surface area (TPSA) is 24.4 Å². The van der Waals surface area contributed by atoms with Crippen LogP contribution in [-0.2, 0) is 0 Å². The first-order valence-electron chi connectivity index (χ1n) is 7.18. The number of amidine groups is 1. The number of nitrogens with zero attached hydrogens (tertiary/aromatic N) is 1. The second-order valence-electron chi connectivity index (χ2n) is 5.74. The van der Waals surface area contributed by atoms with E-state index < -0.39 is 0 Å². The molecule has 0 aromatic rings. The zero-order chi connectivity index (χ0) is 12.3. The largest absolute Gasteiger partial charge is 0.362 e. The molecule has 1 saturated carbocycles. The SMILES string of the molecule is CCC1CN=C(NC2CCCCC2C(C)C)S1. The molecule has 1 N–H and O–H groups in total. The van der Waals surface area contributed by atoms with Gasteiger partial charge >= 0.3 is 0 Å². The standard InChI is InChI=1S/C14H26N2S/c1-4-11-9-15-14(17-11)16-13-8-6-5-7-12(13)10(2)3/h10-13H,4-9H2,1-3H3,(H,15,16). The summed E-state index contributed by atoms with van der Waals surface area (Å²) < 4.78 is 0. The van der Waals surface area contributed by atoms with Crippen LogP contribution < -0.4 is 5.32 Å². The highest BCUT2D eigenvalue weighted by Gasteiger charge is 2.29. The Bertz CT molecular complexity index is 275. The van der Waals surface area contributed by atoms with Gasteiger partial charge in [-0.25, -0.2) is 0 Å². The van der Waals surface area contributed by atoms with Crippen molar-refractivity contribution >= 4 is 16.9 Å². The van der Waals surface area contributed by atoms with Crippen LogP contribution in [0, 0.1) is 11.8 Å². The molecule has 2 aliphatic rings. The summed E-state index contributed by atoms with van der Waals surface area (Å²) >= 11 is 1.96. The Morgan fingerprint density at radius 2 is 2.12 bits per heavy atom. The van der Waals surface area contributed by atoms with Gasteiger partial charge in [-0.2, -0.15) is 0 Å². The molecule has 0 aromatic heterocycles. The molecule has 2 nitrogen and oxygen atoms in total. The zero-order valence-electron chi connectivity index (χ0n) is 11.4. The van der Waals surface area contributed by atoms with Crippen molar-refractivity contribution in [2.45, 2.75) is 64.2 Å². The molecular weight excluding hydrogens is 228 g/mol. The van der Waals surface area contributed by atoms with E-state index in [9.17, 15) is 0 Å². The van der Waals surface area contributed by atoms with Gasteiger partial charge in [0, 0.05) is 11.3 Å². The van der Waals surface area contributed by atoms with Crippen molar-refractivity contribution < 1.29 is 0 Å². The number of thioether (sulfide) groups is 1. The average Bonchev–Trinajstić information content (AvgIpc) is 2.77. The number of rotatable bonds is 3. The maximum Gasteiger partial charge on any atom is 0.157 e. The highest BCUT2D eigenvalue weighted by molar-refractivity contribution is 8.14. The molecule has 3 atom stereocenters. The number of hydrogen-bond donors (Lipinski definition) is 1. The van der Waals surface area contributed by atoms with E-state index in [4.69, 9.17) is 0 Å². The highest BCUT2D eigenvalue weighted by Crippen LogP contribution is 2.31. The minimum absolute atomic E-state index is 0.672. The summed E-state index contributed by atoms with van der Waals surface area (Å²) in [5.74, 6) is 1.63. The van der Waals surface area contributed by atoms with Gasteiger partial charge in [0.1, 0.15) is 0 Å². The second-order valence-corrected chi connectivity index (χ2v) is 7.03. The smallest absolute Gasteiger partial charge is 0.157 e. The van der Waals surface area contributed by atoms with E-state index in [1.54, 1.807) is 0 Å². The molecule has 3 unspecified atom stereocenters. The summed E-state index contributed by atoms with van der Waals surface area (Å²) in [6, 6.07) is 0.672. The first-order valence-corrected chi connectivity index (χ1v) is 8.06. The molecule has 17 heavy (non-hydrogen) atoms. The number of nitrogens with one attached hydrogen (secondary N) is 1. The van der Waals surface area contributed by atoms with E-state index in [0.29, 0.717) is 6.04 Å². The molecule has 1 aliphatic heterocycles. The molecule has 0 saturated heterocycles. The van der Waals surface area contributed by atoms with Gasteiger partial charge in [0.15, 0.2) is 5.17 Å². The fraction of sp³-hybridized carbons (Fsp3) is 0.929. The quantitative estimate of drug-likeness (QED) is 0.831. The monoisotopic (exact) mass is 254 g/mol. The van der Waals surface area contributed by atoms with Crippen LogP contribution in [0.5, 0.6) is 0 Å². The molecule has 3 heteroatoms. The minimum atomic E-state index is 0.672. The van der Waals surface area contributed by atoms with Gasteiger partial charge in [0.25, 0.3) is 0 Å². The molecule has 1 fully saturated rings. The van der Waals surface area contributed by atoms with Crippen LogP contribution in [0.1, 0.15) is 52.9 Å². The van der Waals surface area contributed by atoms with Crippen LogP contribution >= 0.6 is 11.8 Å². The predicted octanol–water partition coefficient (Wildman–Crippen LogP) is 3.67. The summed E-state index contributed by atoms with van der Waals surface area (Å²) in [7, 11) is 0. The van der Waals surface area contributed by atoms with E-state index in [-0.39, 0.29) is 0 Å². The van der Waals surface area contributed by atoms with Gasteiger partial charge in [-0.15, -0.1) is 0 Å². The first-order chi connectivity index (χ1) is 8.20. The Morgan fingerprint density at radius 3 is 2.76 bits per heavy atom. The number of aliphatic imine (C=N–C) groups is 1. The Balaban J connectivity index is 1.88. The molecule has 0 radical (unpaired) electrons. The van der Waals surface area contributed by atoms with E-state index >= 15 is 0 Å². The molecule has 98 valence electrons. The maximum atomic E-state index is 4.64. The van der Waals surface area contributed by atoms with Crippen molar-refractivity contribution in [3.8, 4) is 0 Å². The van der Waals surface area contributed by atoms with Crippen molar-refractivity contribution in [1.29, 1.82) is 0 Å². The van der Waals surface area contributed by atoms with Gasteiger partial charge in [-0.1, -0.05) is 45.4 Å². The van der Waals surface area contributed by atoms with Gasteiger partial charge < -0.3 is 5.32 Å². The molecule has 1 heterocycles. The molecule has 0 spiro atoms. The maximum absolute atomic E-state index is 4.64. The van der Waals surface area contributed by atoms with Crippen LogP contribution in [0.25, 0.3) is 0 Å². The third kappa shape index (κ3) is 3.40. The van der Waals surface area contributed by atoms with Crippen LogP contribution in [0.15, 0.2) is 4.99 Å². The van der Waals surface area contributed by atoms with Crippen molar-refractivity contribution in [2.24, 2.45) is 16.8 Å². The predicted molar refractivity (Wildman–Crippen MR) is 77.7 cm³/mol. The van der Waals surface area contributed by atoms with Gasteiger partial charge in [0.2, 0.25) is 0 Å². The van der Waals surface area contributed by atoms with E-state index in [1.165, 1.54) is 37.3 Å². The van der Waals surface area contributed by atoms with Crippen LogP contribution in [0.3, 0.4) is 0 Å². The van der Waals surface area contributed by atoms with Gasteiger partial charge in [-0.3, -0.25) is 4.99 Å². The lowest BCUT2D eigenvalue weighted by atomic mass is 9.78. The third-order valence-corrected chi connectivity index (χ3v) is 5.44. The average molecular weight is 254 g/mol. The summed E-state index contributed by atoms with van der Waals surface area (Å²) in [5.41, 5.74) is 0. The minimum Gasteiger partial charge on any atom is -0.362 e. The molecule has 0 bridgehead atoms. The molecule has 1 aliphatic carbocycles. The Hall–Kier alpha value is -0.180. The van der Waals surface area contributed by atoms with Crippen molar-refractivity contribution in [3.05, 3.63) is 0 Å². The highest BCUT2D eigenvalue weighted by atomic mass is 32.2. The van der Waals surface area contributed by atoms with Crippen molar-refractivity contribution in [1.82, 2.24) is 5.32 Å². The van der Waals surface area contributed by atoms with Crippen LogP contribution in [-0.4, -0.2) is 23.0 Å². The Labute approximate surface area is 110 Å². The van der Waals surface area contributed by atoms with Gasteiger partial charge in [0.05, 0.1) is 6.54 Å². The molecular formula is C14H26N2S. The zero-order valence-corrected chi connectivity index (χ0v) is 12.2. The normalized spacial score (nSPS) is 33.9. The molecule has 0 aromatic carbocycles. The molecule has 0 amide bonds. The lowest BCUT2D eigenvalue weighted by Crippen LogP contribution is -2.42. The summed E-state index contributed by atoms with van der Waals surface area (Å²) in [6.45, 7) is 8.00. The summed E-state index contributed by atoms with van der Waals surface area (Å²) in [4.78, 5) is 4.64. The lowest BCUT2D eigenvalue weighted by Gasteiger charge is -2.35. The third-order valence-electron chi connectivity index (χ3n) is 4.16. The fourth-order valence-corrected chi connectivity index (χ4v) is 4.00. The first kappa shape index (κ1) is 13.3. The van der Waals surface area contributed by atoms with E-state index in [1.807, 2.05) is 11.8 Å². The van der Waals surface area contributed by atoms with E-state index in [0.717, 1.165) is 23.6 Å². The number of hydrogen-bond acceptors (Lipinski definition) is 3. The lowest BCUT2D eigenvalue weighted by molar-refractivity contribution is 0.225. The molecule has 2 rings (SSSR count). The van der Waals surface area contributed by atoms with Crippen LogP contribution in [0.2, 0.25) is 0 Å². The van der Waals surface area contributed by atoms with Gasteiger partial charge in [-0.05, 0) is 31.1 Å².